The standard InChI is InChI=1S/C25H27N3O4/c29-20(13-28-24(31)21-16-5-6-17(11-16)22(21)25(28)32)27(19-9-10-19)12-14-1-3-15(4-2-14)23(30)26-18-7-8-18/h1-6,16-19,21-22H,7-13H2,(H,26,30). The van der Waals surface area contributed by atoms with Gasteiger partial charge in [0.2, 0.25) is 17.7 Å². The lowest BCUT2D eigenvalue weighted by Gasteiger charge is -2.25. The van der Waals surface area contributed by atoms with Gasteiger partial charge >= 0.3 is 0 Å². The van der Waals surface area contributed by atoms with Crippen LogP contribution in [0.25, 0.3) is 0 Å². The molecule has 4 amide bonds. The van der Waals surface area contributed by atoms with Crippen LogP contribution in [0.1, 0.15) is 48.0 Å². The number of benzene rings is 1. The van der Waals surface area contributed by atoms with Gasteiger partial charge in [-0.3, -0.25) is 24.1 Å². The van der Waals surface area contributed by atoms with Gasteiger partial charge in [0, 0.05) is 24.2 Å². The minimum atomic E-state index is -0.269. The van der Waals surface area contributed by atoms with Crippen LogP contribution in [0.5, 0.6) is 0 Å². The molecule has 4 unspecified atom stereocenters. The molecule has 0 aromatic heterocycles. The van der Waals surface area contributed by atoms with E-state index in [9.17, 15) is 19.2 Å². The summed E-state index contributed by atoms with van der Waals surface area (Å²) in [4.78, 5) is 54.2. The van der Waals surface area contributed by atoms with Crippen LogP contribution in [0.15, 0.2) is 36.4 Å². The summed E-state index contributed by atoms with van der Waals surface area (Å²) in [6.07, 6.45) is 8.98. The van der Waals surface area contributed by atoms with Gasteiger partial charge < -0.3 is 10.2 Å². The van der Waals surface area contributed by atoms with E-state index in [0.29, 0.717) is 18.2 Å². The first-order valence-electron chi connectivity index (χ1n) is 11.7. The SMILES string of the molecule is O=C(NC1CC1)c1ccc(CN(C(=O)CN2C(=O)C3C4C=CC(C4)C3C2=O)C2CC2)cc1. The van der Waals surface area contributed by atoms with E-state index in [-0.39, 0.29) is 59.9 Å². The molecule has 1 saturated heterocycles. The third-order valence-electron chi connectivity index (χ3n) is 7.64. The fourth-order valence-corrected chi connectivity index (χ4v) is 5.61. The summed E-state index contributed by atoms with van der Waals surface area (Å²) in [5.41, 5.74) is 1.55. The van der Waals surface area contributed by atoms with Crippen molar-refractivity contribution in [2.24, 2.45) is 23.7 Å². The van der Waals surface area contributed by atoms with Crippen molar-refractivity contribution in [2.45, 2.75) is 50.7 Å². The van der Waals surface area contributed by atoms with Crippen molar-refractivity contribution in [3.05, 3.63) is 47.5 Å². The monoisotopic (exact) mass is 433 g/mol. The summed E-state index contributed by atoms with van der Waals surface area (Å²) < 4.78 is 0. The van der Waals surface area contributed by atoms with Crippen LogP contribution < -0.4 is 5.32 Å². The normalized spacial score (nSPS) is 30.1. The summed E-state index contributed by atoms with van der Waals surface area (Å²) in [5.74, 6) is -0.824. The van der Waals surface area contributed by atoms with Crippen LogP contribution in [0, 0.1) is 23.7 Å². The predicted octanol–water partition coefficient (Wildman–Crippen LogP) is 1.88. The summed E-state index contributed by atoms with van der Waals surface area (Å²) in [7, 11) is 0. The van der Waals surface area contributed by atoms with Crippen LogP contribution in [0.2, 0.25) is 0 Å². The fraction of sp³-hybridized carbons (Fsp3) is 0.520. The van der Waals surface area contributed by atoms with Gasteiger partial charge in [0.05, 0.1) is 11.8 Å². The summed E-state index contributed by atoms with van der Waals surface area (Å²) in [6, 6.07) is 7.81. The number of nitrogens with zero attached hydrogens (tertiary/aromatic N) is 2. The van der Waals surface area contributed by atoms with E-state index < -0.39 is 0 Å². The first-order chi connectivity index (χ1) is 15.5. The fourth-order valence-electron chi connectivity index (χ4n) is 5.61. The number of amides is 4. The Morgan fingerprint density at radius 1 is 0.938 bits per heavy atom. The smallest absolute Gasteiger partial charge is 0.251 e. The van der Waals surface area contributed by atoms with Gasteiger partial charge in [0.1, 0.15) is 6.54 Å². The molecule has 1 aromatic rings. The number of fused-ring (bicyclic) bond motifs is 5. The minimum Gasteiger partial charge on any atom is -0.349 e. The van der Waals surface area contributed by atoms with Crippen LogP contribution >= 0.6 is 0 Å². The Bertz CT molecular complexity index is 994. The number of nitrogens with one attached hydrogen (secondary N) is 1. The van der Waals surface area contributed by atoms with Crippen molar-refractivity contribution in [1.82, 2.24) is 15.1 Å². The lowest BCUT2D eigenvalue weighted by atomic mass is 9.85. The van der Waals surface area contributed by atoms with Crippen LogP contribution in [-0.4, -0.2) is 52.1 Å². The van der Waals surface area contributed by atoms with E-state index >= 15 is 0 Å². The zero-order valence-electron chi connectivity index (χ0n) is 17.9. The van der Waals surface area contributed by atoms with Crippen molar-refractivity contribution >= 4 is 23.6 Å². The topological polar surface area (TPSA) is 86.8 Å². The summed E-state index contributed by atoms with van der Waals surface area (Å²) in [5, 5.41) is 2.98. The second kappa shape index (κ2) is 7.29. The van der Waals surface area contributed by atoms with Crippen LogP contribution in [-0.2, 0) is 20.9 Å². The van der Waals surface area contributed by atoms with Gasteiger partial charge in [0.15, 0.2) is 0 Å². The number of imide groups is 1. The van der Waals surface area contributed by atoms with E-state index in [1.807, 2.05) is 12.1 Å². The predicted molar refractivity (Wildman–Crippen MR) is 115 cm³/mol. The summed E-state index contributed by atoms with van der Waals surface area (Å²) >= 11 is 0. The summed E-state index contributed by atoms with van der Waals surface area (Å²) in [6.45, 7) is 0.256. The maximum atomic E-state index is 13.2. The Balaban J connectivity index is 1.12. The van der Waals surface area contributed by atoms with Crippen molar-refractivity contribution in [3.8, 4) is 0 Å². The van der Waals surface area contributed by atoms with Crippen molar-refractivity contribution < 1.29 is 19.2 Å². The number of hydrogen-bond acceptors (Lipinski definition) is 4. The third-order valence-corrected chi connectivity index (χ3v) is 7.64. The molecule has 7 nitrogen and oxygen atoms in total. The highest BCUT2D eigenvalue weighted by atomic mass is 16.2. The molecular formula is C25H27N3O4. The minimum absolute atomic E-state index is 0.0609. The van der Waals surface area contributed by atoms with Gasteiger partial charge in [-0.05, 0) is 61.6 Å². The number of likely N-dealkylation sites (tertiary alicyclic amines) is 1. The molecule has 6 rings (SSSR count). The highest BCUT2D eigenvalue weighted by molar-refractivity contribution is 6.08. The lowest BCUT2D eigenvalue weighted by molar-refractivity contribution is -0.147. The molecule has 32 heavy (non-hydrogen) atoms. The number of hydrogen-bond donors (Lipinski definition) is 1. The maximum Gasteiger partial charge on any atom is 0.251 e. The number of carbonyl (C=O) groups is 4. The molecule has 1 aliphatic heterocycles. The van der Waals surface area contributed by atoms with Gasteiger partial charge in [-0.15, -0.1) is 0 Å². The molecule has 0 radical (unpaired) electrons. The molecule has 0 spiro atoms. The van der Waals surface area contributed by atoms with Crippen LogP contribution in [0.3, 0.4) is 0 Å². The second-order valence-corrected chi connectivity index (χ2v) is 9.96. The Morgan fingerprint density at radius 3 is 2.12 bits per heavy atom. The molecule has 166 valence electrons. The highest BCUT2D eigenvalue weighted by Gasteiger charge is 2.59. The quantitative estimate of drug-likeness (QED) is 0.525. The lowest BCUT2D eigenvalue weighted by Crippen LogP contribution is -2.44. The van der Waals surface area contributed by atoms with E-state index in [2.05, 4.69) is 17.5 Å². The van der Waals surface area contributed by atoms with Crippen molar-refractivity contribution in [2.75, 3.05) is 6.54 Å². The van der Waals surface area contributed by atoms with Crippen molar-refractivity contribution in [3.63, 3.8) is 0 Å². The largest absolute Gasteiger partial charge is 0.349 e. The number of rotatable bonds is 7. The van der Waals surface area contributed by atoms with Gasteiger partial charge in [-0.25, -0.2) is 0 Å². The molecule has 7 heteroatoms. The van der Waals surface area contributed by atoms with E-state index in [1.165, 1.54) is 4.90 Å². The molecule has 4 fully saturated rings. The molecule has 4 aliphatic carbocycles. The first-order valence-corrected chi connectivity index (χ1v) is 11.7. The Kier molecular flexibility index (Phi) is 4.49. The maximum absolute atomic E-state index is 13.2. The molecule has 1 N–H and O–H groups in total. The van der Waals surface area contributed by atoms with E-state index in [0.717, 1.165) is 37.7 Å². The molecule has 4 atom stereocenters. The van der Waals surface area contributed by atoms with E-state index in [1.54, 1.807) is 17.0 Å². The average Bonchev–Trinajstić information content (AvgIpc) is 3.71. The second-order valence-electron chi connectivity index (χ2n) is 9.96. The molecule has 5 aliphatic rings. The highest BCUT2D eigenvalue weighted by Crippen LogP contribution is 2.52. The average molecular weight is 434 g/mol. The zero-order valence-corrected chi connectivity index (χ0v) is 17.9. The first kappa shape index (κ1) is 19.7. The number of carbonyl (C=O) groups excluding carboxylic acids is 4. The Morgan fingerprint density at radius 2 is 1.56 bits per heavy atom. The molecule has 1 aromatic carbocycles. The molecule has 1 heterocycles. The van der Waals surface area contributed by atoms with Gasteiger partial charge in [-0.2, -0.15) is 0 Å². The molecule has 2 bridgehead atoms. The van der Waals surface area contributed by atoms with Gasteiger partial charge in [-0.1, -0.05) is 24.3 Å². The molecule has 3 saturated carbocycles. The van der Waals surface area contributed by atoms with E-state index in [4.69, 9.17) is 0 Å². The number of allylic oxidation sites excluding steroid dienone is 2. The third kappa shape index (κ3) is 3.34. The Labute approximate surface area is 186 Å². The van der Waals surface area contributed by atoms with Crippen LogP contribution in [0.4, 0.5) is 0 Å². The Hall–Kier alpha value is -2.96. The van der Waals surface area contributed by atoms with Crippen molar-refractivity contribution in [1.29, 1.82) is 0 Å². The van der Waals surface area contributed by atoms with Gasteiger partial charge in [0.25, 0.3) is 5.91 Å². The zero-order chi connectivity index (χ0) is 22.0. The molecular weight excluding hydrogens is 406 g/mol.